The van der Waals surface area contributed by atoms with Crippen molar-refractivity contribution in [3.63, 3.8) is 0 Å². The van der Waals surface area contributed by atoms with E-state index in [-0.39, 0.29) is 5.75 Å². The summed E-state index contributed by atoms with van der Waals surface area (Å²) < 4.78 is 12.4. The highest BCUT2D eigenvalue weighted by molar-refractivity contribution is 5.88. The molecule has 0 fully saturated rings. The maximum Gasteiger partial charge on any atom is 0.200 e. The molecule has 2 heterocycles. The minimum Gasteiger partial charge on any atom is -0.502 e. The zero-order chi connectivity index (χ0) is 19.8. The van der Waals surface area contributed by atoms with Crippen LogP contribution in [0.2, 0.25) is 0 Å². The summed E-state index contributed by atoms with van der Waals surface area (Å²) in [4.78, 5) is 4.80. The van der Waals surface area contributed by atoms with Crippen molar-refractivity contribution >= 4 is 10.9 Å². The van der Waals surface area contributed by atoms with E-state index in [1.807, 2.05) is 36.7 Å². The summed E-state index contributed by atoms with van der Waals surface area (Å²) in [7, 11) is 4.93. The van der Waals surface area contributed by atoms with Crippen molar-refractivity contribution < 1.29 is 14.6 Å². The predicted molar refractivity (Wildman–Crippen MR) is 107 cm³/mol. The molecule has 0 aliphatic rings. The number of aromatic hydroxyl groups is 1. The van der Waals surface area contributed by atoms with Gasteiger partial charge in [0, 0.05) is 23.6 Å². The lowest BCUT2D eigenvalue weighted by Gasteiger charge is -2.13. The molecule has 142 valence electrons. The molecule has 0 amide bonds. The first kappa shape index (κ1) is 17.8. The number of phenols is 1. The van der Waals surface area contributed by atoms with E-state index in [4.69, 9.17) is 14.5 Å². The van der Waals surface area contributed by atoms with Crippen LogP contribution in [0.3, 0.4) is 0 Å². The molecule has 0 spiro atoms. The van der Waals surface area contributed by atoms with E-state index >= 15 is 0 Å². The average molecular weight is 376 g/mol. The second-order valence-electron chi connectivity index (χ2n) is 6.55. The standard InChI is InChI=1S/C21H20N4O3/c1-12-7-17(14-9-18(27-3)20(26)19(10-14)28-4)23-16-6-5-13(8-15(12)16)21-24-22-11-25(21)2/h5-11,26H,1-4H3. The van der Waals surface area contributed by atoms with Crippen LogP contribution in [0.1, 0.15) is 5.56 Å². The Labute approximate surface area is 162 Å². The lowest BCUT2D eigenvalue weighted by Crippen LogP contribution is -1.95. The zero-order valence-corrected chi connectivity index (χ0v) is 16.1. The van der Waals surface area contributed by atoms with Crippen LogP contribution >= 0.6 is 0 Å². The second-order valence-corrected chi connectivity index (χ2v) is 6.55. The van der Waals surface area contributed by atoms with E-state index in [0.29, 0.717) is 11.5 Å². The van der Waals surface area contributed by atoms with Crippen molar-refractivity contribution in [1.29, 1.82) is 0 Å². The number of pyridine rings is 1. The van der Waals surface area contributed by atoms with Crippen molar-refractivity contribution in [2.75, 3.05) is 14.2 Å². The van der Waals surface area contributed by atoms with Gasteiger partial charge in [0.15, 0.2) is 17.3 Å². The summed E-state index contributed by atoms with van der Waals surface area (Å²) in [6, 6.07) is 11.5. The molecule has 0 unspecified atom stereocenters. The Kier molecular flexibility index (Phi) is 4.35. The Bertz CT molecular complexity index is 1160. The number of rotatable bonds is 4. The fraction of sp³-hybridized carbons (Fsp3) is 0.190. The fourth-order valence-corrected chi connectivity index (χ4v) is 3.27. The van der Waals surface area contributed by atoms with Crippen molar-refractivity contribution in [3.8, 4) is 39.9 Å². The van der Waals surface area contributed by atoms with Crippen LogP contribution in [-0.4, -0.2) is 39.1 Å². The van der Waals surface area contributed by atoms with Gasteiger partial charge in [-0.25, -0.2) is 4.98 Å². The molecule has 1 N–H and O–H groups in total. The maximum absolute atomic E-state index is 10.1. The molecule has 7 nitrogen and oxygen atoms in total. The van der Waals surface area contributed by atoms with E-state index in [2.05, 4.69) is 16.3 Å². The Morgan fingerprint density at radius 1 is 0.964 bits per heavy atom. The number of hydrogen-bond acceptors (Lipinski definition) is 6. The van der Waals surface area contributed by atoms with Gasteiger partial charge in [0.2, 0.25) is 5.75 Å². The molecule has 0 atom stereocenters. The maximum atomic E-state index is 10.1. The highest BCUT2D eigenvalue weighted by atomic mass is 16.5. The number of hydrogen-bond donors (Lipinski definition) is 1. The molecule has 0 aliphatic heterocycles. The Hall–Kier alpha value is -3.61. The highest BCUT2D eigenvalue weighted by Gasteiger charge is 2.15. The van der Waals surface area contributed by atoms with Gasteiger partial charge in [-0.15, -0.1) is 10.2 Å². The van der Waals surface area contributed by atoms with E-state index in [9.17, 15) is 5.11 Å². The fourth-order valence-electron chi connectivity index (χ4n) is 3.27. The number of aryl methyl sites for hydroxylation is 2. The third-order valence-electron chi connectivity index (χ3n) is 4.76. The summed E-state index contributed by atoms with van der Waals surface area (Å²) >= 11 is 0. The average Bonchev–Trinajstić information content (AvgIpc) is 3.13. The van der Waals surface area contributed by atoms with Gasteiger partial charge in [-0.05, 0) is 48.9 Å². The quantitative estimate of drug-likeness (QED) is 0.584. The molecule has 4 rings (SSSR count). The predicted octanol–water partition coefficient (Wildman–Crippen LogP) is 3.73. The number of ether oxygens (including phenoxy) is 2. The van der Waals surface area contributed by atoms with Crippen LogP contribution in [0.5, 0.6) is 17.2 Å². The smallest absolute Gasteiger partial charge is 0.200 e. The van der Waals surface area contributed by atoms with Gasteiger partial charge < -0.3 is 19.1 Å². The summed E-state index contributed by atoms with van der Waals surface area (Å²) in [5.74, 6) is 1.45. The molecule has 4 aromatic rings. The first-order valence-electron chi connectivity index (χ1n) is 8.73. The van der Waals surface area contributed by atoms with Gasteiger partial charge in [0.05, 0.1) is 25.4 Å². The monoisotopic (exact) mass is 376 g/mol. The normalized spacial score (nSPS) is 11.0. The minimum absolute atomic E-state index is 0.0282. The second kappa shape index (κ2) is 6.84. The first-order chi connectivity index (χ1) is 13.5. The van der Waals surface area contributed by atoms with Gasteiger partial charge in [0.25, 0.3) is 0 Å². The Morgan fingerprint density at radius 2 is 1.68 bits per heavy atom. The van der Waals surface area contributed by atoms with Gasteiger partial charge in [0.1, 0.15) is 6.33 Å². The van der Waals surface area contributed by atoms with Crippen molar-refractivity contribution in [2.24, 2.45) is 7.05 Å². The molecule has 7 heteroatoms. The number of nitrogens with zero attached hydrogens (tertiary/aromatic N) is 4. The van der Waals surface area contributed by atoms with Crippen LogP contribution in [0.15, 0.2) is 42.7 Å². The Morgan fingerprint density at radius 3 is 2.29 bits per heavy atom. The number of phenolic OH excluding ortho intramolecular Hbond substituents is 1. The van der Waals surface area contributed by atoms with Crippen LogP contribution in [0.4, 0.5) is 0 Å². The van der Waals surface area contributed by atoms with Gasteiger partial charge >= 0.3 is 0 Å². The van der Waals surface area contributed by atoms with E-state index in [1.165, 1.54) is 14.2 Å². The molecule has 2 aromatic heterocycles. The number of fused-ring (bicyclic) bond motifs is 1. The van der Waals surface area contributed by atoms with E-state index < -0.39 is 0 Å². The zero-order valence-electron chi connectivity index (χ0n) is 16.1. The van der Waals surface area contributed by atoms with Crippen LogP contribution < -0.4 is 9.47 Å². The molecule has 0 aliphatic carbocycles. The van der Waals surface area contributed by atoms with Gasteiger partial charge in [-0.1, -0.05) is 0 Å². The van der Waals surface area contributed by atoms with Crippen molar-refractivity contribution in [3.05, 3.63) is 48.3 Å². The molecule has 0 bridgehead atoms. The molecule has 0 radical (unpaired) electrons. The highest BCUT2D eigenvalue weighted by Crippen LogP contribution is 2.40. The molecular formula is C21H20N4O3. The van der Waals surface area contributed by atoms with Crippen LogP contribution in [-0.2, 0) is 7.05 Å². The van der Waals surface area contributed by atoms with Gasteiger partial charge in [-0.3, -0.25) is 0 Å². The molecular weight excluding hydrogens is 356 g/mol. The van der Waals surface area contributed by atoms with Crippen LogP contribution in [0.25, 0.3) is 33.5 Å². The van der Waals surface area contributed by atoms with Crippen molar-refractivity contribution in [1.82, 2.24) is 19.7 Å². The largest absolute Gasteiger partial charge is 0.502 e. The van der Waals surface area contributed by atoms with E-state index in [1.54, 1.807) is 18.5 Å². The number of aromatic nitrogens is 4. The molecule has 0 saturated carbocycles. The molecule has 28 heavy (non-hydrogen) atoms. The third kappa shape index (κ3) is 2.90. The molecule has 2 aromatic carbocycles. The minimum atomic E-state index is -0.0282. The SMILES string of the molecule is COc1cc(-c2cc(C)c3cc(-c4nncn4C)ccc3n2)cc(OC)c1O. The number of benzene rings is 2. The topological polar surface area (TPSA) is 82.3 Å². The van der Waals surface area contributed by atoms with Crippen molar-refractivity contribution in [2.45, 2.75) is 6.92 Å². The van der Waals surface area contributed by atoms with E-state index in [0.717, 1.165) is 39.1 Å². The summed E-state index contributed by atoms with van der Waals surface area (Å²) in [5.41, 5.74) is 4.50. The lowest BCUT2D eigenvalue weighted by molar-refractivity contribution is 0.340. The molecule has 0 saturated heterocycles. The van der Waals surface area contributed by atoms with Gasteiger partial charge in [-0.2, -0.15) is 0 Å². The summed E-state index contributed by atoms with van der Waals surface area (Å²) in [6.45, 7) is 2.04. The first-order valence-corrected chi connectivity index (χ1v) is 8.73. The Balaban J connectivity index is 1.86. The number of methoxy groups -OCH3 is 2. The third-order valence-corrected chi connectivity index (χ3v) is 4.76. The summed E-state index contributed by atoms with van der Waals surface area (Å²) in [6.07, 6.45) is 1.68. The summed E-state index contributed by atoms with van der Waals surface area (Å²) in [5, 5.41) is 19.3. The van der Waals surface area contributed by atoms with Crippen LogP contribution in [0, 0.1) is 6.92 Å². The lowest BCUT2D eigenvalue weighted by atomic mass is 10.0.